The second kappa shape index (κ2) is 4.49. The Morgan fingerprint density at radius 3 is 2.71 bits per heavy atom. The van der Waals surface area contributed by atoms with Gasteiger partial charge in [-0.15, -0.1) is 12.6 Å². The second-order valence-corrected chi connectivity index (χ2v) is 3.59. The molecular formula is C9H6BrNO2S. The Morgan fingerprint density at radius 1 is 1.64 bits per heavy atom. The molecule has 0 aromatic heterocycles. The molecule has 0 aliphatic rings. The Balaban J connectivity index is 3.53. The van der Waals surface area contributed by atoms with Gasteiger partial charge in [0.1, 0.15) is 6.07 Å². The summed E-state index contributed by atoms with van der Waals surface area (Å²) in [5, 5.41) is 18.2. The summed E-state index contributed by atoms with van der Waals surface area (Å²) in [5.41, 5.74) is 0.789. The smallest absolute Gasteiger partial charge is 0.338 e. The zero-order chi connectivity index (χ0) is 10.7. The van der Waals surface area contributed by atoms with Crippen molar-refractivity contribution in [1.82, 2.24) is 0 Å². The molecule has 0 radical (unpaired) electrons. The summed E-state index contributed by atoms with van der Waals surface area (Å²) >= 11 is 7.19. The SMILES string of the molecule is N#Cc1c(CBr)ccc(S)c1C(=O)O. The van der Waals surface area contributed by atoms with E-state index in [1.807, 2.05) is 6.07 Å². The third kappa shape index (κ3) is 1.91. The summed E-state index contributed by atoms with van der Waals surface area (Å²) in [6.45, 7) is 0. The summed E-state index contributed by atoms with van der Waals surface area (Å²) < 4.78 is 0. The molecule has 1 N–H and O–H groups in total. The Morgan fingerprint density at radius 2 is 2.29 bits per heavy atom. The van der Waals surface area contributed by atoms with Crippen LogP contribution < -0.4 is 0 Å². The number of carboxylic acid groups (broad SMARTS) is 1. The van der Waals surface area contributed by atoms with Crippen molar-refractivity contribution in [2.75, 3.05) is 0 Å². The van der Waals surface area contributed by atoms with E-state index in [2.05, 4.69) is 28.6 Å². The number of nitrogens with zero attached hydrogens (tertiary/aromatic N) is 1. The molecular weight excluding hydrogens is 266 g/mol. The first kappa shape index (κ1) is 11.1. The normalized spacial score (nSPS) is 9.50. The number of rotatable bonds is 2. The molecule has 0 aliphatic carbocycles. The molecule has 0 heterocycles. The van der Waals surface area contributed by atoms with Crippen LogP contribution in [0.2, 0.25) is 0 Å². The zero-order valence-corrected chi connectivity index (χ0v) is 9.47. The van der Waals surface area contributed by atoms with Crippen LogP contribution in [-0.4, -0.2) is 11.1 Å². The minimum absolute atomic E-state index is 0.0345. The average molecular weight is 272 g/mol. The van der Waals surface area contributed by atoms with Crippen molar-refractivity contribution in [2.45, 2.75) is 10.2 Å². The molecule has 72 valence electrons. The molecule has 3 nitrogen and oxygen atoms in total. The number of hydrogen-bond acceptors (Lipinski definition) is 3. The van der Waals surface area contributed by atoms with Gasteiger partial charge in [-0.05, 0) is 11.6 Å². The van der Waals surface area contributed by atoms with Crippen LogP contribution >= 0.6 is 28.6 Å². The molecule has 0 aliphatic heterocycles. The molecule has 0 bridgehead atoms. The number of carbonyl (C=O) groups is 1. The molecule has 1 aromatic carbocycles. The summed E-state index contributed by atoms with van der Waals surface area (Å²) in [5.74, 6) is -1.13. The van der Waals surface area contributed by atoms with Crippen LogP contribution in [0.5, 0.6) is 0 Å². The lowest BCUT2D eigenvalue weighted by Gasteiger charge is -2.05. The maximum absolute atomic E-state index is 10.9. The number of nitriles is 1. The van der Waals surface area contributed by atoms with Crippen LogP contribution in [0.1, 0.15) is 21.5 Å². The number of alkyl halides is 1. The number of benzene rings is 1. The molecule has 1 rings (SSSR count). The van der Waals surface area contributed by atoms with E-state index in [-0.39, 0.29) is 11.1 Å². The first-order chi connectivity index (χ1) is 6.61. The number of halogens is 1. The van der Waals surface area contributed by atoms with Crippen LogP contribution in [0.4, 0.5) is 0 Å². The van der Waals surface area contributed by atoms with Crippen molar-refractivity contribution >= 4 is 34.5 Å². The minimum atomic E-state index is -1.13. The predicted octanol–water partition coefficient (Wildman–Crippen LogP) is 2.44. The Bertz CT molecular complexity index is 426. The van der Waals surface area contributed by atoms with Crippen molar-refractivity contribution in [1.29, 1.82) is 5.26 Å². The van der Waals surface area contributed by atoms with E-state index in [1.54, 1.807) is 12.1 Å². The highest BCUT2D eigenvalue weighted by atomic mass is 79.9. The van der Waals surface area contributed by atoms with E-state index in [0.29, 0.717) is 15.8 Å². The van der Waals surface area contributed by atoms with Crippen LogP contribution in [0, 0.1) is 11.3 Å². The topological polar surface area (TPSA) is 61.1 Å². The van der Waals surface area contributed by atoms with Gasteiger partial charge in [0.05, 0.1) is 11.1 Å². The maximum atomic E-state index is 10.9. The van der Waals surface area contributed by atoms with E-state index >= 15 is 0 Å². The summed E-state index contributed by atoms with van der Waals surface area (Å²) in [6, 6.07) is 5.13. The second-order valence-electron chi connectivity index (χ2n) is 2.54. The molecule has 0 saturated heterocycles. The molecule has 0 atom stereocenters. The Labute approximate surface area is 94.9 Å². The lowest BCUT2D eigenvalue weighted by molar-refractivity contribution is 0.0692. The van der Waals surface area contributed by atoms with Gasteiger partial charge in [0.2, 0.25) is 0 Å². The van der Waals surface area contributed by atoms with Gasteiger partial charge in [0.25, 0.3) is 0 Å². The predicted molar refractivity (Wildman–Crippen MR) is 58.0 cm³/mol. The van der Waals surface area contributed by atoms with E-state index < -0.39 is 5.97 Å². The van der Waals surface area contributed by atoms with Crippen LogP contribution in [0.15, 0.2) is 17.0 Å². The lowest BCUT2D eigenvalue weighted by Crippen LogP contribution is -2.04. The number of carboxylic acids is 1. The Kier molecular flexibility index (Phi) is 3.55. The van der Waals surface area contributed by atoms with Gasteiger partial charge in [-0.25, -0.2) is 4.79 Å². The largest absolute Gasteiger partial charge is 0.478 e. The van der Waals surface area contributed by atoms with Crippen molar-refractivity contribution in [2.24, 2.45) is 0 Å². The van der Waals surface area contributed by atoms with Crippen molar-refractivity contribution < 1.29 is 9.90 Å². The number of thiol groups is 1. The first-order valence-corrected chi connectivity index (χ1v) is 5.23. The average Bonchev–Trinajstić information content (AvgIpc) is 2.16. The minimum Gasteiger partial charge on any atom is -0.478 e. The van der Waals surface area contributed by atoms with Crippen molar-refractivity contribution in [3.8, 4) is 6.07 Å². The third-order valence-electron chi connectivity index (χ3n) is 1.74. The van der Waals surface area contributed by atoms with Gasteiger partial charge in [-0.1, -0.05) is 22.0 Å². The molecule has 0 amide bonds. The standard InChI is InChI=1S/C9H6BrNO2S/c10-3-5-1-2-7(14)8(9(12)13)6(5)4-11/h1-2,14H,3H2,(H,12,13). The summed E-state index contributed by atoms with van der Waals surface area (Å²) in [7, 11) is 0. The third-order valence-corrected chi connectivity index (χ3v) is 2.72. The number of aromatic carboxylic acids is 1. The van der Waals surface area contributed by atoms with E-state index in [0.717, 1.165) is 0 Å². The fourth-order valence-corrected chi connectivity index (χ4v) is 1.84. The van der Waals surface area contributed by atoms with Gasteiger partial charge in [0.15, 0.2) is 0 Å². The summed E-state index contributed by atoms with van der Waals surface area (Å²) in [6.07, 6.45) is 0. The van der Waals surface area contributed by atoms with E-state index in [4.69, 9.17) is 10.4 Å². The quantitative estimate of drug-likeness (QED) is 0.642. The molecule has 0 spiro atoms. The molecule has 0 unspecified atom stereocenters. The van der Waals surface area contributed by atoms with E-state index in [9.17, 15) is 4.79 Å². The van der Waals surface area contributed by atoms with E-state index in [1.165, 1.54) is 0 Å². The monoisotopic (exact) mass is 271 g/mol. The highest BCUT2D eigenvalue weighted by molar-refractivity contribution is 9.08. The first-order valence-electron chi connectivity index (χ1n) is 3.66. The maximum Gasteiger partial charge on any atom is 0.338 e. The molecule has 1 aromatic rings. The van der Waals surface area contributed by atoms with Crippen LogP contribution in [0.25, 0.3) is 0 Å². The molecule has 5 heteroatoms. The number of hydrogen-bond donors (Lipinski definition) is 2. The highest BCUT2D eigenvalue weighted by Gasteiger charge is 2.16. The van der Waals surface area contributed by atoms with Crippen LogP contribution in [-0.2, 0) is 5.33 Å². The van der Waals surface area contributed by atoms with Crippen molar-refractivity contribution in [3.63, 3.8) is 0 Å². The summed E-state index contributed by atoms with van der Waals surface area (Å²) in [4.78, 5) is 11.2. The van der Waals surface area contributed by atoms with Gasteiger partial charge < -0.3 is 5.11 Å². The molecule has 0 fully saturated rings. The fourth-order valence-electron chi connectivity index (χ4n) is 1.09. The van der Waals surface area contributed by atoms with Gasteiger partial charge in [-0.2, -0.15) is 5.26 Å². The Hall–Kier alpha value is -0.990. The lowest BCUT2D eigenvalue weighted by atomic mass is 10.0. The fraction of sp³-hybridized carbons (Fsp3) is 0.111. The van der Waals surface area contributed by atoms with Gasteiger partial charge >= 0.3 is 5.97 Å². The van der Waals surface area contributed by atoms with Crippen LogP contribution in [0.3, 0.4) is 0 Å². The molecule has 0 saturated carbocycles. The highest BCUT2D eigenvalue weighted by Crippen LogP contribution is 2.23. The van der Waals surface area contributed by atoms with Gasteiger partial charge in [-0.3, -0.25) is 0 Å². The van der Waals surface area contributed by atoms with Crippen molar-refractivity contribution in [3.05, 3.63) is 28.8 Å². The molecule has 14 heavy (non-hydrogen) atoms. The zero-order valence-electron chi connectivity index (χ0n) is 6.99. The van der Waals surface area contributed by atoms with Gasteiger partial charge in [0, 0.05) is 10.2 Å².